The van der Waals surface area contributed by atoms with Gasteiger partial charge in [0, 0.05) is 18.0 Å². The van der Waals surface area contributed by atoms with Crippen molar-refractivity contribution in [2.45, 2.75) is 105 Å². The topological polar surface area (TPSA) is 52.1 Å². The van der Waals surface area contributed by atoms with Crippen LogP contribution in [0.15, 0.2) is 17.8 Å². The number of hydrogen-bond acceptors (Lipinski definition) is 4. The van der Waals surface area contributed by atoms with Gasteiger partial charge >= 0.3 is 5.97 Å². The molecule has 4 aliphatic rings. The maximum Gasteiger partial charge on any atom is 0.305 e. The van der Waals surface area contributed by atoms with Crippen molar-refractivity contribution in [3.63, 3.8) is 0 Å². The monoisotopic (exact) mass is 478 g/mol. The standard InChI is InChI=1S/C31H46N2O2/c1-8-35-27(34)14-9-19(2)23-11-12-24-22-10-13-26-29(4,5)28-21(18-32-20(3)33-28)17-31(26,7)25(22)15-16-30(23,24)6/h13,18-19,22-25H,8-12,14-17H2,1-7H3/t19-,22+,23-,24+,25+,30-,31-/m1/s1. The molecule has 4 nitrogen and oxygen atoms in total. The molecule has 0 aliphatic heterocycles. The molecule has 0 amide bonds. The maximum absolute atomic E-state index is 12.0. The number of esters is 1. The summed E-state index contributed by atoms with van der Waals surface area (Å²) in [6.07, 6.45) is 13.9. The summed E-state index contributed by atoms with van der Waals surface area (Å²) in [5.74, 6) is 4.47. The molecule has 0 bridgehead atoms. The van der Waals surface area contributed by atoms with Crippen LogP contribution in [0.2, 0.25) is 0 Å². The molecule has 1 heterocycles. The second-order valence-corrected chi connectivity index (χ2v) is 13.3. The van der Waals surface area contributed by atoms with E-state index < -0.39 is 0 Å². The van der Waals surface area contributed by atoms with Gasteiger partial charge in [-0.05, 0) is 105 Å². The van der Waals surface area contributed by atoms with Crippen molar-refractivity contribution >= 4 is 5.97 Å². The van der Waals surface area contributed by atoms with E-state index in [-0.39, 0.29) is 16.8 Å². The highest BCUT2D eigenvalue weighted by atomic mass is 16.5. The molecule has 5 rings (SSSR count). The van der Waals surface area contributed by atoms with Crippen LogP contribution in [0.25, 0.3) is 0 Å². The minimum Gasteiger partial charge on any atom is -0.466 e. The summed E-state index contributed by atoms with van der Waals surface area (Å²) in [7, 11) is 0. The zero-order valence-electron chi connectivity index (χ0n) is 23.1. The first-order chi connectivity index (χ1) is 16.5. The number of aryl methyl sites for hydroxylation is 1. The van der Waals surface area contributed by atoms with Crippen LogP contribution < -0.4 is 0 Å². The number of carbonyl (C=O) groups is 1. The van der Waals surface area contributed by atoms with E-state index in [4.69, 9.17) is 9.72 Å². The number of ether oxygens (including phenoxy) is 1. The number of nitrogens with zero attached hydrogens (tertiary/aromatic N) is 2. The first-order valence-electron chi connectivity index (χ1n) is 14.2. The van der Waals surface area contributed by atoms with E-state index in [9.17, 15) is 4.79 Å². The molecule has 4 heteroatoms. The fraction of sp³-hybridized carbons (Fsp3) is 0.774. The van der Waals surface area contributed by atoms with Gasteiger partial charge in [-0.15, -0.1) is 0 Å². The summed E-state index contributed by atoms with van der Waals surface area (Å²) in [6, 6.07) is 0. The van der Waals surface area contributed by atoms with E-state index >= 15 is 0 Å². The lowest BCUT2D eigenvalue weighted by atomic mass is 9.44. The molecule has 1 aromatic heterocycles. The van der Waals surface area contributed by atoms with Gasteiger partial charge in [0.05, 0.1) is 12.3 Å². The molecule has 0 radical (unpaired) electrons. The zero-order valence-corrected chi connectivity index (χ0v) is 23.1. The third-order valence-corrected chi connectivity index (χ3v) is 11.1. The predicted molar refractivity (Wildman–Crippen MR) is 140 cm³/mol. The predicted octanol–water partition coefficient (Wildman–Crippen LogP) is 6.99. The van der Waals surface area contributed by atoms with Gasteiger partial charge in [0.1, 0.15) is 5.82 Å². The van der Waals surface area contributed by atoms with E-state index in [1.165, 1.54) is 43.4 Å². The molecular formula is C31H46N2O2. The van der Waals surface area contributed by atoms with Crippen molar-refractivity contribution in [2.24, 2.45) is 40.4 Å². The molecule has 1 aromatic rings. The Labute approximate surface area is 212 Å². The number of allylic oxidation sites excluding steroid dienone is 2. The Morgan fingerprint density at radius 2 is 1.94 bits per heavy atom. The summed E-state index contributed by atoms with van der Waals surface area (Å²) < 4.78 is 5.21. The van der Waals surface area contributed by atoms with Gasteiger partial charge in [-0.25, -0.2) is 9.97 Å². The lowest BCUT2D eigenvalue weighted by Crippen LogP contribution is -2.54. The van der Waals surface area contributed by atoms with E-state index in [0.29, 0.717) is 24.4 Å². The van der Waals surface area contributed by atoms with Crippen molar-refractivity contribution in [1.82, 2.24) is 9.97 Å². The van der Waals surface area contributed by atoms with Gasteiger partial charge in [0.25, 0.3) is 0 Å². The van der Waals surface area contributed by atoms with Gasteiger partial charge in [-0.3, -0.25) is 4.79 Å². The molecule has 0 aromatic carbocycles. The average Bonchev–Trinajstić information content (AvgIpc) is 3.15. The normalized spacial score (nSPS) is 37.9. The lowest BCUT2D eigenvalue weighted by Gasteiger charge is -2.60. The van der Waals surface area contributed by atoms with Crippen LogP contribution in [0.5, 0.6) is 0 Å². The third kappa shape index (κ3) is 3.80. The van der Waals surface area contributed by atoms with Crippen molar-refractivity contribution in [3.8, 4) is 0 Å². The second-order valence-electron chi connectivity index (χ2n) is 13.3. The van der Waals surface area contributed by atoms with E-state index in [1.54, 1.807) is 5.57 Å². The van der Waals surface area contributed by atoms with Crippen LogP contribution in [-0.4, -0.2) is 22.5 Å². The van der Waals surface area contributed by atoms with Crippen LogP contribution in [0, 0.1) is 47.3 Å². The molecule has 2 saturated carbocycles. The number of aromatic nitrogens is 2. The van der Waals surface area contributed by atoms with Crippen LogP contribution in [0.4, 0.5) is 0 Å². The molecule has 2 fully saturated rings. The number of fused-ring (bicyclic) bond motifs is 6. The van der Waals surface area contributed by atoms with Crippen molar-refractivity contribution in [1.29, 1.82) is 0 Å². The highest BCUT2D eigenvalue weighted by Crippen LogP contribution is 2.68. The summed E-state index contributed by atoms with van der Waals surface area (Å²) in [5.41, 5.74) is 4.83. The summed E-state index contributed by atoms with van der Waals surface area (Å²) in [6.45, 7) is 16.8. The van der Waals surface area contributed by atoms with Crippen LogP contribution in [-0.2, 0) is 21.4 Å². The van der Waals surface area contributed by atoms with Crippen LogP contribution >= 0.6 is 0 Å². The van der Waals surface area contributed by atoms with Gasteiger partial charge < -0.3 is 4.74 Å². The largest absolute Gasteiger partial charge is 0.466 e. The van der Waals surface area contributed by atoms with Gasteiger partial charge in [0.2, 0.25) is 0 Å². The molecule has 192 valence electrons. The Balaban J connectivity index is 1.40. The molecule has 35 heavy (non-hydrogen) atoms. The Bertz CT molecular complexity index is 1030. The van der Waals surface area contributed by atoms with Gasteiger partial charge in [-0.2, -0.15) is 0 Å². The van der Waals surface area contributed by atoms with E-state index in [2.05, 4.69) is 51.9 Å². The van der Waals surface area contributed by atoms with Crippen molar-refractivity contribution < 1.29 is 9.53 Å². The summed E-state index contributed by atoms with van der Waals surface area (Å²) in [4.78, 5) is 21.5. The quantitative estimate of drug-likeness (QED) is 0.338. The highest BCUT2D eigenvalue weighted by Gasteiger charge is 2.61. The molecule has 0 N–H and O–H groups in total. The summed E-state index contributed by atoms with van der Waals surface area (Å²) >= 11 is 0. The maximum atomic E-state index is 12.0. The number of carbonyl (C=O) groups excluding carboxylic acids is 1. The molecule has 0 saturated heterocycles. The minimum absolute atomic E-state index is 0.0262. The number of hydrogen-bond donors (Lipinski definition) is 0. The van der Waals surface area contributed by atoms with Crippen LogP contribution in [0.1, 0.15) is 104 Å². The minimum atomic E-state index is -0.0278. The second kappa shape index (κ2) is 8.70. The van der Waals surface area contributed by atoms with Crippen molar-refractivity contribution in [3.05, 3.63) is 34.9 Å². The molecule has 0 unspecified atom stereocenters. The highest BCUT2D eigenvalue weighted by molar-refractivity contribution is 5.69. The average molecular weight is 479 g/mol. The molecular weight excluding hydrogens is 432 g/mol. The fourth-order valence-corrected chi connectivity index (χ4v) is 9.73. The molecule has 0 spiro atoms. The fourth-order valence-electron chi connectivity index (χ4n) is 9.73. The lowest BCUT2D eigenvalue weighted by molar-refractivity contribution is -0.143. The molecule has 7 atom stereocenters. The first-order valence-corrected chi connectivity index (χ1v) is 14.2. The van der Waals surface area contributed by atoms with Gasteiger partial charge in [0.15, 0.2) is 0 Å². The Morgan fingerprint density at radius 1 is 1.17 bits per heavy atom. The van der Waals surface area contributed by atoms with Gasteiger partial charge in [-0.1, -0.05) is 46.3 Å². The Kier molecular flexibility index (Phi) is 6.20. The third-order valence-electron chi connectivity index (χ3n) is 11.1. The SMILES string of the molecule is CCOC(=O)CC[C@@H](C)[C@H]1CC[C@H]2[C@@H]3CC=C4C(C)(C)c5nc(C)ncc5C[C@]4(C)[C@H]3CC[C@]12C. The molecule has 4 aliphatic carbocycles. The Hall–Kier alpha value is -1.71. The van der Waals surface area contributed by atoms with Crippen LogP contribution in [0.3, 0.4) is 0 Å². The summed E-state index contributed by atoms with van der Waals surface area (Å²) in [5, 5.41) is 0. The van der Waals surface area contributed by atoms with E-state index in [1.807, 2.05) is 13.8 Å². The van der Waals surface area contributed by atoms with E-state index in [0.717, 1.165) is 42.3 Å². The van der Waals surface area contributed by atoms with Crippen molar-refractivity contribution in [2.75, 3.05) is 6.61 Å². The number of rotatable bonds is 5. The zero-order chi connectivity index (χ0) is 25.2. The Morgan fingerprint density at radius 3 is 2.69 bits per heavy atom. The first kappa shape index (κ1) is 25.0. The smallest absolute Gasteiger partial charge is 0.305 e.